The molecule has 0 radical (unpaired) electrons. The maximum Gasteiger partial charge on any atom is 0.252 e. The Bertz CT molecular complexity index is 1510. The van der Waals surface area contributed by atoms with Crippen molar-refractivity contribution in [1.29, 1.82) is 0 Å². The van der Waals surface area contributed by atoms with Gasteiger partial charge < -0.3 is 14.5 Å². The Morgan fingerprint density at radius 1 is 1.18 bits per heavy atom. The van der Waals surface area contributed by atoms with Crippen LogP contribution in [0.3, 0.4) is 0 Å². The highest BCUT2D eigenvalue weighted by Gasteiger charge is 2.34. The number of carbonyl (C=O) groups is 1. The highest BCUT2D eigenvalue weighted by Crippen LogP contribution is 2.46. The fourth-order valence-electron chi connectivity index (χ4n) is 4.49. The quantitative estimate of drug-likeness (QED) is 0.355. The highest BCUT2D eigenvalue weighted by atomic mass is 79.9. The third kappa shape index (κ3) is 3.52. The first-order chi connectivity index (χ1) is 16.0. The van der Waals surface area contributed by atoms with E-state index in [0.29, 0.717) is 23.7 Å². The van der Waals surface area contributed by atoms with Gasteiger partial charge in [0.05, 0.1) is 41.0 Å². The minimum atomic E-state index is -0.526. The molecule has 8 nitrogen and oxygen atoms in total. The van der Waals surface area contributed by atoms with Gasteiger partial charge in [-0.1, -0.05) is 35.0 Å². The summed E-state index contributed by atoms with van der Waals surface area (Å²) < 4.78 is 5.71. The summed E-state index contributed by atoms with van der Waals surface area (Å²) in [5.74, 6) is 0.883. The molecule has 0 spiro atoms. The van der Waals surface area contributed by atoms with Gasteiger partial charge in [-0.25, -0.2) is 9.97 Å². The van der Waals surface area contributed by atoms with Crippen LogP contribution in [0, 0.1) is 5.92 Å². The third-order valence-corrected chi connectivity index (χ3v) is 7.26. The van der Waals surface area contributed by atoms with Crippen LogP contribution in [0.5, 0.6) is 0 Å². The Labute approximate surface area is 198 Å². The normalized spacial score (nSPS) is 18.7. The Balaban J connectivity index is 1.32. The average Bonchev–Trinajstić information content (AvgIpc) is 3.17. The maximum atomic E-state index is 12.2. The average molecular weight is 504 g/mol. The molecule has 1 amide bonds. The fraction of sp³-hybridized carbons (Fsp3) is 0.250. The number of carbonyl (C=O) groups excluding carboxylic acids is 1. The largest absolute Gasteiger partial charge is 0.365 e. The van der Waals surface area contributed by atoms with E-state index in [1.807, 2.05) is 35.0 Å². The number of hydrogen-bond donors (Lipinski definition) is 1. The third-order valence-electron chi connectivity index (χ3n) is 6.39. The number of imidazole rings is 2. The van der Waals surface area contributed by atoms with Crippen molar-refractivity contribution >= 4 is 33.0 Å². The lowest BCUT2D eigenvalue weighted by Gasteiger charge is -2.06. The summed E-state index contributed by atoms with van der Waals surface area (Å²) in [5, 5.41) is 4.70. The molecule has 0 saturated heterocycles. The van der Waals surface area contributed by atoms with Crippen molar-refractivity contribution in [2.75, 3.05) is 0 Å². The first kappa shape index (κ1) is 20.2. The monoisotopic (exact) mass is 503 g/mol. The second kappa shape index (κ2) is 7.55. The van der Waals surface area contributed by atoms with E-state index in [9.17, 15) is 4.79 Å². The molecule has 0 aromatic carbocycles. The zero-order valence-corrected chi connectivity index (χ0v) is 19.6. The number of rotatable bonds is 6. The van der Waals surface area contributed by atoms with Crippen molar-refractivity contribution in [2.45, 2.75) is 30.6 Å². The van der Waals surface area contributed by atoms with Crippen LogP contribution >= 0.6 is 15.9 Å². The standard InChI is InChI=1S/C24H22BrN7O/c1-14-8-17(14)15-5-6-20-28-16(10-31(20)9-15)11-32-12-18(24(26)33)22(29-32)21(25)23-19-4-2-3-7-30(19)13-27-23/h2-7,9-10,12-14,17,21H,8,11H2,1H3,(H2,26,33). The van der Waals surface area contributed by atoms with E-state index < -0.39 is 5.91 Å². The first-order valence-electron chi connectivity index (χ1n) is 10.9. The predicted molar refractivity (Wildman–Crippen MR) is 128 cm³/mol. The molecule has 3 unspecified atom stereocenters. The number of alkyl halides is 1. The molecule has 1 fully saturated rings. The van der Waals surface area contributed by atoms with E-state index in [4.69, 9.17) is 15.8 Å². The molecule has 166 valence electrons. The Morgan fingerprint density at radius 3 is 2.82 bits per heavy atom. The molecule has 33 heavy (non-hydrogen) atoms. The molecular weight excluding hydrogens is 482 g/mol. The van der Waals surface area contributed by atoms with E-state index in [0.717, 1.165) is 28.5 Å². The lowest BCUT2D eigenvalue weighted by molar-refractivity contribution is 0.0999. The van der Waals surface area contributed by atoms with E-state index >= 15 is 0 Å². The first-order valence-corrected chi connectivity index (χ1v) is 11.8. The van der Waals surface area contributed by atoms with E-state index in [1.54, 1.807) is 17.2 Å². The van der Waals surface area contributed by atoms with Gasteiger partial charge in [-0.05, 0) is 42.0 Å². The maximum absolute atomic E-state index is 12.2. The molecular formula is C24H22BrN7O. The van der Waals surface area contributed by atoms with Gasteiger partial charge in [0.1, 0.15) is 10.5 Å². The number of amides is 1. The van der Waals surface area contributed by atoms with Crippen LogP contribution in [-0.4, -0.2) is 34.5 Å². The molecule has 5 aromatic rings. The minimum absolute atomic E-state index is 0.364. The van der Waals surface area contributed by atoms with Crippen LogP contribution in [0.1, 0.15) is 57.1 Å². The van der Waals surface area contributed by atoms with Crippen molar-refractivity contribution in [3.8, 4) is 0 Å². The van der Waals surface area contributed by atoms with Crippen LogP contribution in [-0.2, 0) is 6.54 Å². The summed E-state index contributed by atoms with van der Waals surface area (Å²) in [4.78, 5) is 21.1. The van der Waals surface area contributed by atoms with Gasteiger partial charge in [-0.3, -0.25) is 9.48 Å². The predicted octanol–water partition coefficient (Wildman–Crippen LogP) is 3.93. The Morgan fingerprint density at radius 2 is 2.03 bits per heavy atom. The molecule has 1 aliphatic rings. The van der Waals surface area contributed by atoms with Crippen LogP contribution in [0.15, 0.2) is 61.4 Å². The molecule has 1 aliphatic carbocycles. The van der Waals surface area contributed by atoms with Gasteiger partial charge in [0.25, 0.3) is 5.91 Å². The summed E-state index contributed by atoms with van der Waals surface area (Å²) in [7, 11) is 0. The number of fused-ring (bicyclic) bond motifs is 2. The second-order valence-corrected chi connectivity index (χ2v) is 9.67. The number of halogens is 1. The fourth-order valence-corrected chi connectivity index (χ4v) is 5.18. The van der Waals surface area contributed by atoms with E-state index in [1.165, 1.54) is 12.0 Å². The van der Waals surface area contributed by atoms with Crippen LogP contribution in [0.25, 0.3) is 11.2 Å². The summed E-state index contributed by atoms with van der Waals surface area (Å²) in [5.41, 5.74) is 11.4. The zero-order chi connectivity index (χ0) is 22.7. The zero-order valence-electron chi connectivity index (χ0n) is 18.0. The molecule has 2 N–H and O–H groups in total. The van der Waals surface area contributed by atoms with Gasteiger partial charge >= 0.3 is 0 Å². The molecule has 5 aromatic heterocycles. The smallest absolute Gasteiger partial charge is 0.252 e. The van der Waals surface area contributed by atoms with Gasteiger partial charge in [0.2, 0.25) is 0 Å². The molecule has 9 heteroatoms. The Hall–Kier alpha value is -3.46. The molecule has 6 rings (SSSR count). The lowest BCUT2D eigenvalue weighted by atomic mass is 10.1. The molecule has 1 saturated carbocycles. The number of nitrogens with zero attached hydrogens (tertiary/aromatic N) is 6. The van der Waals surface area contributed by atoms with Gasteiger partial charge in [-0.15, -0.1) is 0 Å². The van der Waals surface area contributed by atoms with Crippen LogP contribution in [0.4, 0.5) is 0 Å². The number of primary amides is 1. The van der Waals surface area contributed by atoms with E-state index in [2.05, 4.69) is 50.6 Å². The van der Waals surface area contributed by atoms with Crippen molar-refractivity contribution < 1.29 is 4.79 Å². The SMILES string of the molecule is CC1CC1c1ccc2nc(Cn3cc(C(N)=O)c(C(Br)c4ncn5ccccc45)n3)cn2c1. The van der Waals surface area contributed by atoms with Crippen LogP contribution < -0.4 is 5.73 Å². The Kier molecular flexibility index (Phi) is 4.62. The van der Waals surface area contributed by atoms with Gasteiger partial charge in [0, 0.05) is 24.8 Å². The van der Waals surface area contributed by atoms with E-state index in [-0.39, 0.29) is 4.83 Å². The van der Waals surface area contributed by atoms with Crippen molar-refractivity contribution in [2.24, 2.45) is 11.7 Å². The summed E-state index contributed by atoms with van der Waals surface area (Å²) in [6, 6.07) is 10.1. The minimum Gasteiger partial charge on any atom is -0.365 e. The summed E-state index contributed by atoms with van der Waals surface area (Å²) in [6.07, 6.45) is 10.8. The van der Waals surface area contributed by atoms with Gasteiger partial charge in [0.15, 0.2) is 0 Å². The number of nitrogens with two attached hydrogens (primary N) is 1. The van der Waals surface area contributed by atoms with Gasteiger partial charge in [-0.2, -0.15) is 5.10 Å². The second-order valence-electron chi connectivity index (χ2n) is 8.75. The number of pyridine rings is 2. The summed E-state index contributed by atoms with van der Waals surface area (Å²) >= 11 is 3.69. The molecule has 3 atom stereocenters. The summed E-state index contributed by atoms with van der Waals surface area (Å²) in [6.45, 7) is 2.71. The molecule has 0 bridgehead atoms. The topological polar surface area (TPSA) is 95.5 Å². The highest BCUT2D eigenvalue weighted by molar-refractivity contribution is 9.09. The molecule has 0 aliphatic heterocycles. The van der Waals surface area contributed by atoms with Crippen LogP contribution in [0.2, 0.25) is 0 Å². The van der Waals surface area contributed by atoms with Crippen molar-refractivity contribution in [1.82, 2.24) is 28.5 Å². The number of aromatic nitrogens is 6. The lowest BCUT2D eigenvalue weighted by Crippen LogP contribution is -2.13. The van der Waals surface area contributed by atoms with Crippen molar-refractivity contribution in [3.63, 3.8) is 0 Å². The molecule has 5 heterocycles. The van der Waals surface area contributed by atoms with Crippen molar-refractivity contribution in [3.05, 3.63) is 89.7 Å². The number of hydrogen-bond acceptors (Lipinski definition) is 4.